The van der Waals surface area contributed by atoms with Crippen LogP contribution in [0.5, 0.6) is 5.75 Å². The first kappa shape index (κ1) is 26.0. The summed E-state index contributed by atoms with van der Waals surface area (Å²) in [7, 11) is -2.54. The molecule has 0 spiro atoms. The highest BCUT2D eigenvalue weighted by Gasteiger charge is 2.31. The Kier molecular flexibility index (Phi) is 7.89. The van der Waals surface area contributed by atoms with Crippen molar-refractivity contribution in [3.63, 3.8) is 0 Å². The Labute approximate surface area is 197 Å². The Morgan fingerprint density at radius 2 is 1.66 bits per heavy atom. The molecule has 1 N–H and O–H groups in total. The molecule has 2 aromatic rings. The number of nitrogens with zero attached hydrogens (tertiary/aromatic N) is 1. The summed E-state index contributed by atoms with van der Waals surface area (Å²) >= 11 is 6.26. The van der Waals surface area contributed by atoms with Gasteiger partial charge in [0, 0.05) is 5.54 Å². The summed E-state index contributed by atoms with van der Waals surface area (Å²) < 4.78 is 33.3. The number of methoxy groups -OCH3 is 1. The van der Waals surface area contributed by atoms with E-state index in [9.17, 15) is 13.2 Å². The first-order valence-corrected chi connectivity index (χ1v) is 12.2. The summed E-state index contributed by atoms with van der Waals surface area (Å²) in [6, 6.07) is 11.1. The molecular weight excluding hydrogens is 448 g/mol. The van der Waals surface area contributed by atoms with Crippen LogP contribution in [0.3, 0.4) is 0 Å². The maximum atomic E-state index is 13.5. The van der Waals surface area contributed by atoms with Crippen molar-refractivity contribution >= 4 is 33.2 Å². The number of nitrogens with one attached hydrogen (secondary N) is 1. The quantitative estimate of drug-likeness (QED) is 0.564. The van der Waals surface area contributed by atoms with Gasteiger partial charge in [0.15, 0.2) is 0 Å². The van der Waals surface area contributed by atoms with Crippen LogP contribution in [-0.4, -0.2) is 33.5 Å². The number of sulfonamides is 1. The number of carbonyl (C=O) groups excluding carboxylic acids is 1. The average molecular weight is 481 g/mol. The van der Waals surface area contributed by atoms with Crippen LogP contribution < -0.4 is 14.4 Å². The van der Waals surface area contributed by atoms with Crippen molar-refractivity contribution in [2.45, 2.75) is 58.4 Å². The lowest BCUT2D eigenvalue weighted by atomic mass is 9.82. The molecule has 0 saturated carbocycles. The molecule has 0 aliphatic rings. The van der Waals surface area contributed by atoms with Crippen molar-refractivity contribution in [1.82, 2.24) is 5.32 Å². The Hall–Kier alpha value is -2.25. The SMILES string of the molecule is COc1ccc(N(CC(=O)NC(C)(C)CC(C)(C)C)S(=O)(=O)c2ccc(C)cc2)cc1Cl. The summed E-state index contributed by atoms with van der Waals surface area (Å²) in [6.45, 7) is 11.6. The van der Waals surface area contributed by atoms with E-state index >= 15 is 0 Å². The van der Waals surface area contributed by atoms with Gasteiger partial charge in [0.25, 0.3) is 10.0 Å². The van der Waals surface area contributed by atoms with E-state index in [-0.39, 0.29) is 27.6 Å². The average Bonchev–Trinajstić information content (AvgIpc) is 2.64. The first-order chi connectivity index (χ1) is 14.6. The van der Waals surface area contributed by atoms with E-state index in [1.54, 1.807) is 24.3 Å². The number of benzene rings is 2. The Morgan fingerprint density at radius 1 is 1.06 bits per heavy atom. The molecule has 0 aromatic heterocycles. The van der Waals surface area contributed by atoms with Gasteiger partial charge in [-0.3, -0.25) is 9.10 Å². The van der Waals surface area contributed by atoms with Gasteiger partial charge in [-0.1, -0.05) is 50.1 Å². The Balaban J connectivity index is 2.44. The van der Waals surface area contributed by atoms with Crippen molar-refractivity contribution < 1.29 is 17.9 Å². The Bertz CT molecular complexity index is 1060. The van der Waals surface area contributed by atoms with Crippen LogP contribution >= 0.6 is 11.6 Å². The van der Waals surface area contributed by atoms with Gasteiger partial charge in [0.2, 0.25) is 5.91 Å². The number of halogens is 1. The lowest BCUT2D eigenvalue weighted by Crippen LogP contribution is -2.50. The van der Waals surface area contributed by atoms with Gasteiger partial charge in [-0.25, -0.2) is 8.42 Å². The largest absolute Gasteiger partial charge is 0.495 e. The standard InChI is InChI=1S/C24H33ClN2O4S/c1-17-8-11-19(12-9-17)32(29,30)27(18-10-13-21(31-7)20(25)14-18)15-22(28)26-24(5,6)16-23(2,3)4/h8-14H,15-16H2,1-7H3,(H,26,28). The second kappa shape index (κ2) is 9.71. The minimum absolute atomic E-state index is 0.00600. The van der Waals surface area contributed by atoms with Gasteiger partial charge < -0.3 is 10.1 Å². The normalized spacial score (nSPS) is 12.4. The number of rotatable bonds is 8. The third-order valence-corrected chi connectivity index (χ3v) is 6.85. The van der Waals surface area contributed by atoms with Crippen molar-refractivity contribution in [3.8, 4) is 5.75 Å². The molecule has 0 aliphatic carbocycles. The highest BCUT2D eigenvalue weighted by Crippen LogP contribution is 2.32. The molecule has 32 heavy (non-hydrogen) atoms. The highest BCUT2D eigenvalue weighted by molar-refractivity contribution is 7.92. The zero-order valence-corrected chi connectivity index (χ0v) is 21.4. The van der Waals surface area contributed by atoms with Crippen LogP contribution in [0.25, 0.3) is 0 Å². The smallest absolute Gasteiger partial charge is 0.264 e. The molecule has 0 heterocycles. The maximum absolute atomic E-state index is 13.5. The minimum Gasteiger partial charge on any atom is -0.495 e. The molecule has 8 heteroatoms. The van der Waals surface area contributed by atoms with Crippen LogP contribution in [0.15, 0.2) is 47.4 Å². The number of amides is 1. The molecule has 0 bridgehead atoms. The molecule has 1 amide bonds. The van der Waals surface area contributed by atoms with E-state index in [0.29, 0.717) is 5.75 Å². The van der Waals surface area contributed by atoms with Crippen molar-refractivity contribution in [2.24, 2.45) is 5.41 Å². The van der Waals surface area contributed by atoms with Gasteiger partial charge in [0.1, 0.15) is 12.3 Å². The number of hydrogen-bond donors (Lipinski definition) is 1. The second-order valence-electron chi connectivity index (χ2n) is 9.81. The molecular formula is C24H33ClN2O4S. The summed E-state index contributed by atoms with van der Waals surface area (Å²) in [5, 5.41) is 3.23. The molecule has 0 fully saturated rings. The summed E-state index contributed by atoms with van der Waals surface area (Å²) in [5.41, 5.74) is 0.699. The van der Waals surface area contributed by atoms with Gasteiger partial charge in [0.05, 0.1) is 22.7 Å². The Morgan fingerprint density at radius 3 is 2.16 bits per heavy atom. The van der Waals surface area contributed by atoms with Gasteiger partial charge in [-0.2, -0.15) is 0 Å². The zero-order valence-electron chi connectivity index (χ0n) is 19.8. The van der Waals surface area contributed by atoms with Crippen molar-refractivity contribution in [2.75, 3.05) is 18.0 Å². The molecule has 0 radical (unpaired) electrons. The molecule has 0 saturated heterocycles. The van der Waals surface area contributed by atoms with Crippen LogP contribution in [0.2, 0.25) is 5.02 Å². The lowest BCUT2D eigenvalue weighted by Gasteiger charge is -2.34. The maximum Gasteiger partial charge on any atom is 0.264 e. The first-order valence-electron chi connectivity index (χ1n) is 10.4. The fourth-order valence-electron chi connectivity index (χ4n) is 3.88. The molecule has 2 aromatic carbocycles. The second-order valence-corrected chi connectivity index (χ2v) is 12.1. The van der Waals surface area contributed by atoms with Crippen LogP contribution in [0.1, 0.15) is 46.6 Å². The summed E-state index contributed by atoms with van der Waals surface area (Å²) in [4.78, 5) is 13.1. The highest BCUT2D eigenvalue weighted by atomic mass is 35.5. The fourth-order valence-corrected chi connectivity index (χ4v) is 5.55. The molecule has 2 rings (SSSR count). The van der Waals surface area contributed by atoms with Gasteiger partial charge in [-0.15, -0.1) is 0 Å². The summed E-state index contributed by atoms with van der Waals surface area (Å²) in [5.74, 6) is 0.0146. The van der Waals surface area contributed by atoms with Crippen LogP contribution in [-0.2, 0) is 14.8 Å². The van der Waals surface area contributed by atoms with E-state index < -0.39 is 21.5 Å². The lowest BCUT2D eigenvalue weighted by molar-refractivity contribution is -0.121. The van der Waals surface area contributed by atoms with E-state index in [1.807, 2.05) is 20.8 Å². The molecule has 176 valence electrons. The number of anilines is 1. The predicted molar refractivity (Wildman–Crippen MR) is 130 cm³/mol. The summed E-state index contributed by atoms with van der Waals surface area (Å²) in [6.07, 6.45) is 0.727. The van der Waals surface area contributed by atoms with Gasteiger partial charge in [-0.05, 0) is 62.9 Å². The number of hydrogen-bond acceptors (Lipinski definition) is 4. The van der Waals surface area contributed by atoms with Gasteiger partial charge >= 0.3 is 0 Å². The topological polar surface area (TPSA) is 75.7 Å². The zero-order chi connectivity index (χ0) is 24.3. The van der Waals surface area contributed by atoms with E-state index in [0.717, 1.165) is 16.3 Å². The van der Waals surface area contributed by atoms with Crippen molar-refractivity contribution in [3.05, 3.63) is 53.1 Å². The van der Waals surface area contributed by atoms with Crippen molar-refractivity contribution in [1.29, 1.82) is 0 Å². The van der Waals surface area contributed by atoms with E-state index in [1.165, 1.54) is 25.3 Å². The third-order valence-electron chi connectivity index (χ3n) is 4.77. The van der Waals surface area contributed by atoms with Crippen LogP contribution in [0, 0.1) is 12.3 Å². The van der Waals surface area contributed by atoms with Crippen LogP contribution in [0.4, 0.5) is 5.69 Å². The third kappa shape index (κ3) is 6.87. The number of ether oxygens (including phenoxy) is 1. The number of carbonyl (C=O) groups is 1. The molecule has 6 nitrogen and oxygen atoms in total. The van der Waals surface area contributed by atoms with E-state index in [2.05, 4.69) is 26.1 Å². The molecule has 0 aliphatic heterocycles. The minimum atomic E-state index is -4.02. The fraction of sp³-hybridized carbons (Fsp3) is 0.458. The number of aryl methyl sites for hydroxylation is 1. The van der Waals surface area contributed by atoms with E-state index in [4.69, 9.17) is 16.3 Å². The molecule has 0 unspecified atom stereocenters. The monoisotopic (exact) mass is 480 g/mol. The molecule has 0 atom stereocenters. The predicted octanol–water partition coefficient (Wildman–Crippen LogP) is 5.18.